The molecule has 2 N–H and O–H groups in total. The van der Waals surface area contributed by atoms with Gasteiger partial charge >= 0.3 is 8.25 Å². The van der Waals surface area contributed by atoms with E-state index >= 15 is 0 Å². The largest absolute Gasteiger partial charge is 0.692 e. The Hall–Kier alpha value is -0.180. The van der Waals surface area contributed by atoms with Gasteiger partial charge in [-0.15, -0.1) is 9.79 Å². The second-order valence-electron chi connectivity index (χ2n) is 1.67. The van der Waals surface area contributed by atoms with E-state index in [4.69, 9.17) is 37.6 Å². The summed E-state index contributed by atoms with van der Waals surface area (Å²) in [7, 11) is -2.87. The monoisotopic (exact) mass is 227 g/mol. The lowest BCUT2D eigenvalue weighted by atomic mass is 10.4. The smallest absolute Gasteiger partial charge is 0.134 e. The maximum absolute atomic E-state index is 8.70. The standard InChI is InChI=1S/C6H4Cl2.HO3P/c7-5-3-1-2-4-6(5)8;1-4(2)3/h1-4H;(H-,1,2,3)/p+1. The first kappa shape index (κ1) is 11.8. The first-order valence-corrected chi connectivity index (χ1v) is 4.71. The normalized spacial score (nSPS) is 8.33. The number of hydrogen-bond acceptors (Lipinski definition) is 1. The summed E-state index contributed by atoms with van der Waals surface area (Å²) in [5, 5.41) is 1.21. The van der Waals surface area contributed by atoms with Gasteiger partial charge in [-0.2, -0.15) is 0 Å². The van der Waals surface area contributed by atoms with Crippen LogP contribution in [-0.2, 0) is 4.57 Å². The summed E-state index contributed by atoms with van der Waals surface area (Å²) in [5.74, 6) is 0. The third-order valence-electron chi connectivity index (χ3n) is 0.824. The predicted molar refractivity (Wildman–Crippen MR) is 48.5 cm³/mol. The van der Waals surface area contributed by atoms with Crippen LogP contribution in [0.5, 0.6) is 0 Å². The Morgan fingerprint density at radius 3 is 1.50 bits per heavy atom. The third kappa shape index (κ3) is 6.53. The first-order valence-electron chi connectivity index (χ1n) is 2.79. The Labute approximate surface area is 80.5 Å². The van der Waals surface area contributed by atoms with Crippen LogP contribution in [0.25, 0.3) is 0 Å². The van der Waals surface area contributed by atoms with Crippen LogP contribution in [0, 0.1) is 0 Å². The molecule has 0 aliphatic rings. The number of rotatable bonds is 0. The molecule has 1 aromatic carbocycles. The van der Waals surface area contributed by atoms with Gasteiger partial charge in [0.15, 0.2) is 0 Å². The van der Waals surface area contributed by atoms with E-state index in [0.29, 0.717) is 10.0 Å². The van der Waals surface area contributed by atoms with Gasteiger partial charge in [0.05, 0.1) is 10.0 Å². The van der Waals surface area contributed by atoms with Crippen LogP contribution in [0.15, 0.2) is 24.3 Å². The Balaban J connectivity index is 0.000000261. The molecule has 6 heteroatoms. The highest BCUT2D eigenvalue weighted by Gasteiger charge is 1.93. The summed E-state index contributed by atoms with van der Waals surface area (Å²) < 4.78 is 8.70. The van der Waals surface area contributed by atoms with E-state index in [-0.39, 0.29) is 0 Å². The second-order valence-corrected chi connectivity index (χ2v) is 2.99. The van der Waals surface area contributed by atoms with Gasteiger partial charge in [0.25, 0.3) is 0 Å². The van der Waals surface area contributed by atoms with Crippen molar-refractivity contribution in [3.05, 3.63) is 34.3 Å². The topological polar surface area (TPSA) is 57.5 Å². The lowest BCUT2D eigenvalue weighted by molar-refractivity contribution is 0.405. The van der Waals surface area contributed by atoms with Crippen molar-refractivity contribution in [1.82, 2.24) is 0 Å². The fraction of sp³-hybridized carbons (Fsp3) is 0. The molecule has 0 saturated heterocycles. The van der Waals surface area contributed by atoms with Crippen LogP contribution in [0.2, 0.25) is 10.0 Å². The van der Waals surface area contributed by atoms with Gasteiger partial charge in [0, 0.05) is 4.57 Å². The van der Waals surface area contributed by atoms with Crippen LogP contribution >= 0.6 is 31.5 Å². The highest BCUT2D eigenvalue weighted by Crippen LogP contribution is 2.19. The highest BCUT2D eigenvalue weighted by molar-refractivity contribution is 7.30. The first-order chi connectivity index (χ1) is 5.54. The maximum Gasteiger partial charge on any atom is 0.692 e. The van der Waals surface area contributed by atoms with Gasteiger partial charge in [0.1, 0.15) is 0 Å². The number of hydrogen-bond donors (Lipinski definition) is 2. The fourth-order valence-electron chi connectivity index (χ4n) is 0.439. The van der Waals surface area contributed by atoms with Crippen molar-refractivity contribution < 1.29 is 14.4 Å². The molecule has 0 heterocycles. The van der Waals surface area contributed by atoms with Crippen molar-refractivity contribution in [2.24, 2.45) is 0 Å². The van der Waals surface area contributed by atoms with E-state index < -0.39 is 8.25 Å². The van der Waals surface area contributed by atoms with Gasteiger partial charge in [-0.3, -0.25) is 0 Å². The van der Waals surface area contributed by atoms with E-state index in [1.54, 1.807) is 12.1 Å². The molecule has 0 radical (unpaired) electrons. The lowest BCUT2D eigenvalue weighted by Crippen LogP contribution is -1.62. The predicted octanol–water partition coefficient (Wildman–Crippen LogP) is 2.62. The Morgan fingerprint density at radius 1 is 1.08 bits per heavy atom. The summed E-state index contributed by atoms with van der Waals surface area (Å²) in [6.07, 6.45) is 0. The van der Waals surface area contributed by atoms with E-state index in [9.17, 15) is 0 Å². The molecule has 0 unspecified atom stereocenters. The van der Waals surface area contributed by atoms with Gasteiger partial charge < -0.3 is 0 Å². The zero-order valence-corrected chi connectivity index (χ0v) is 8.22. The molecule has 0 bridgehead atoms. The van der Waals surface area contributed by atoms with Gasteiger partial charge in [0.2, 0.25) is 0 Å². The Morgan fingerprint density at radius 2 is 1.33 bits per heavy atom. The van der Waals surface area contributed by atoms with E-state index in [2.05, 4.69) is 0 Å². The summed E-state index contributed by atoms with van der Waals surface area (Å²) >= 11 is 11.2. The summed E-state index contributed by atoms with van der Waals surface area (Å²) in [4.78, 5) is 14.2. The van der Waals surface area contributed by atoms with E-state index in [1.165, 1.54) is 0 Å². The molecule has 0 spiro atoms. The minimum atomic E-state index is -2.87. The zero-order chi connectivity index (χ0) is 9.56. The summed E-state index contributed by atoms with van der Waals surface area (Å²) in [6.45, 7) is 0. The third-order valence-corrected chi connectivity index (χ3v) is 1.58. The fourth-order valence-corrected chi connectivity index (χ4v) is 0.711. The summed E-state index contributed by atoms with van der Waals surface area (Å²) in [6, 6.07) is 7.19. The van der Waals surface area contributed by atoms with Gasteiger partial charge in [-0.25, -0.2) is 0 Å². The van der Waals surface area contributed by atoms with Crippen molar-refractivity contribution >= 4 is 31.5 Å². The molecule has 3 nitrogen and oxygen atoms in total. The molecule has 0 aliphatic carbocycles. The molecule has 0 fully saturated rings. The molecule has 1 rings (SSSR count). The molecule has 66 valence electrons. The lowest BCUT2D eigenvalue weighted by Gasteiger charge is -1.88. The van der Waals surface area contributed by atoms with Crippen LogP contribution in [0.1, 0.15) is 0 Å². The van der Waals surface area contributed by atoms with Crippen LogP contribution in [-0.4, -0.2) is 9.79 Å². The average Bonchev–Trinajstić information content (AvgIpc) is 1.94. The molecular formula is C6H6Cl2O3P+. The molecule has 1 aromatic rings. The molecule has 0 amide bonds. The van der Waals surface area contributed by atoms with Crippen molar-refractivity contribution in [3.63, 3.8) is 0 Å². The minimum Gasteiger partial charge on any atom is -0.134 e. The maximum atomic E-state index is 8.70. The van der Waals surface area contributed by atoms with Crippen molar-refractivity contribution in [2.75, 3.05) is 0 Å². The van der Waals surface area contributed by atoms with Crippen LogP contribution < -0.4 is 0 Å². The second kappa shape index (κ2) is 6.35. The van der Waals surface area contributed by atoms with Gasteiger partial charge in [-0.05, 0) is 12.1 Å². The minimum absolute atomic E-state index is 0.606. The number of benzene rings is 1. The molecule has 0 aliphatic heterocycles. The SMILES string of the molecule is Clc1ccccc1Cl.O=[P+](O)O. The quantitative estimate of drug-likeness (QED) is 0.671. The van der Waals surface area contributed by atoms with Crippen LogP contribution in [0.3, 0.4) is 0 Å². The molecular weight excluding hydrogens is 222 g/mol. The molecule has 12 heavy (non-hydrogen) atoms. The highest BCUT2D eigenvalue weighted by atomic mass is 35.5. The zero-order valence-electron chi connectivity index (χ0n) is 5.82. The summed E-state index contributed by atoms with van der Waals surface area (Å²) in [5.41, 5.74) is 0. The van der Waals surface area contributed by atoms with Crippen molar-refractivity contribution in [3.8, 4) is 0 Å². The molecule has 0 saturated carbocycles. The average molecular weight is 228 g/mol. The Bertz CT molecular complexity index is 242. The van der Waals surface area contributed by atoms with Crippen LogP contribution in [0.4, 0.5) is 0 Å². The van der Waals surface area contributed by atoms with Gasteiger partial charge in [-0.1, -0.05) is 35.3 Å². The Kier molecular flexibility index (Phi) is 6.25. The molecule has 0 atom stereocenters. The van der Waals surface area contributed by atoms with Crippen molar-refractivity contribution in [2.45, 2.75) is 0 Å². The molecule has 0 aromatic heterocycles. The van der Waals surface area contributed by atoms with Crippen molar-refractivity contribution in [1.29, 1.82) is 0 Å². The van der Waals surface area contributed by atoms with E-state index in [0.717, 1.165) is 0 Å². The van der Waals surface area contributed by atoms with E-state index in [1.807, 2.05) is 12.1 Å². The number of halogens is 2.